The molecule has 106 valence electrons. The fourth-order valence-electron chi connectivity index (χ4n) is 3.00. The summed E-state index contributed by atoms with van der Waals surface area (Å²) in [5, 5.41) is 6.10. The molecule has 1 aliphatic rings. The van der Waals surface area contributed by atoms with Crippen LogP contribution >= 0.6 is 0 Å². The van der Waals surface area contributed by atoms with Crippen LogP contribution in [0.2, 0.25) is 0 Å². The topological polar surface area (TPSA) is 41.3 Å². The summed E-state index contributed by atoms with van der Waals surface area (Å²) in [6, 6.07) is 13.5. The van der Waals surface area contributed by atoms with Crippen molar-refractivity contribution in [2.45, 2.75) is 19.0 Å². The standard InChI is InChI=1S/C17H23N3/c1-12-3-4-14-10-15(6-5-13(14)9-12)17(18)16-11-20(2)8-7-19-16/h3-6,9-10,16-17,19H,7-8,11,18H2,1-2H3. The Morgan fingerprint density at radius 2 is 1.95 bits per heavy atom. The van der Waals surface area contributed by atoms with Gasteiger partial charge < -0.3 is 16.0 Å². The normalized spacial score (nSPS) is 22.1. The van der Waals surface area contributed by atoms with Gasteiger partial charge in [0, 0.05) is 31.7 Å². The fourth-order valence-corrected chi connectivity index (χ4v) is 3.00. The van der Waals surface area contributed by atoms with Gasteiger partial charge in [0.25, 0.3) is 0 Å². The second-order valence-electron chi connectivity index (χ2n) is 5.96. The molecule has 20 heavy (non-hydrogen) atoms. The zero-order chi connectivity index (χ0) is 14.1. The Morgan fingerprint density at radius 3 is 2.75 bits per heavy atom. The first-order chi connectivity index (χ1) is 9.63. The molecule has 0 saturated carbocycles. The van der Waals surface area contributed by atoms with Crippen molar-refractivity contribution in [2.75, 3.05) is 26.7 Å². The number of rotatable bonds is 2. The number of nitrogens with one attached hydrogen (secondary N) is 1. The van der Waals surface area contributed by atoms with Crippen LogP contribution in [0.25, 0.3) is 10.8 Å². The van der Waals surface area contributed by atoms with Crippen molar-refractivity contribution < 1.29 is 0 Å². The number of piperazine rings is 1. The van der Waals surface area contributed by atoms with E-state index in [9.17, 15) is 0 Å². The first-order valence-electron chi connectivity index (χ1n) is 7.31. The van der Waals surface area contributed by atoms with Crippen molar-refractivity contribution in [3.8, 4) is 0 Å². The molecule has 0 bridgehead atoms. The van der Waals surface area contributed by atoms with E-state index < -0.39 is 0 Å². The van der Waals surface area contributed by atoms with Gasteiger partial charge in [0.05, 0.1) is 0 Å². The van der Waals surface area contributed by atoms with Gasteiger partial charge >= 0.3 is 0 Å². The Bertz CT molecular complexity index is 608. The van der Waals surface area contributed by atoms with Crippen molar-refractivity contribution >= 4 is 10.8 Å². The Hall–Kier alpha value is -1.42. The van der Waals surface area contributed by atoms with Gasteiger partial charge in [-0.2, -0.15) is 0 Å². The van der Waals surface area contributed by atoms with Crippen LogP contribution in [0, 0.1) is 6.92 Å². The molecule has 2 aromatic carbocycles. The highest BCUT2D eigenvalue weighted by Gasteiger charge is 2.23. The highest BCUT2D eigenvalue weighted by molar-refractivity contribution is 5.83. The number of nitrogens with zero attached hydrogens (tertiary/aromatic N) is 1. The minimum absolute atomic E-state index is 0.0449. The maximum Gasteiger partial charge on any atom is 0.0463 e. The lowest BCUT2D eigenvalue weighted by Gasteiger charge is -2.34. The molecule has 1 fully saturated rings. The Balaban J connectivity index is 1.87. The van der Waals surface area contributed by atoms with Crippen LogP contribution in [0.15, 0.2) is 36.4 Å². The third-order valence-corrected chi connectivity index (χ3v) is 4.25. The monoisotopic (exact) mass is 269 g/mol. The molecule has 0 amide bonds. The quantitative estimate of drug-likeness (QED) is 0.877. The van der Waals surface area contributed by atoms with Gasteiger partial charge in [-0.15, -0.1) is 0 Å². The highest BCUT2D eigenvalue weighted by atomic mass is 15.2. The van der Waals surface area contributed by atoms with E-state index in [0.29, 0.717) is 6.04 Å². The number of benzene rings is 2. The lowest BCUT2D eigenvalue weighted by molar-refractivity contribution is 0.220. The summed E-state index contributed by atoms with van der Waals surface area (Å²) in [5.74, 6) is 0. The molecule has 2 atom stereocenters. The molecule has 3 nitrogen and oxygen atoms in total. The van der Waals surface area contributed by atoms with Crippen LogP contribution in [0.3, 0.4) is 0 Å². The molecule has 0 radical (unpaired) electrons. The van der Waals surface area contributed by atoms with E-state index in [0.717, 1.165) is 19.6 Å². The van der Waals surface area contributed by atoms with Gasteiger partial charge in [0.15, 0.2) is 0 Å². The number of fused-ring (bicyclic) bond motifs is 1. The van der Waals surface area contributed by atoms with E-state index in [1.807, 2.05) is 0 Å². The van der Waals surface area contributed by atoms with Crippen molar-refractivity contribution in [1.82, 2.24) is 10.2 Å². The van der Waals surface area contributed by atoms with Crippen molar-refractivity contribution in [3.05, 3.63) is 47.5 Å². The summed E-state index contributed by atoms with van der Waals surface area (Å²) in [6.45, 7) is 5.25. The van der Waals surface area contributed by atoms with Gasteiger partial charge in [-0.25, -0.2) is 0 Å². The van der Waals surface area contributed by atoms with Crippen LogP contribution in [0.4, 0.5) is 0 Å². The predicted octanol–water partition coefficient (Wildman–Crippen LogP) is 2.05. The summed E-state index contributed by atoms with van der Waals surface area (Å²) < 4.78 is 0. The molecule has 1 heterocycles. The molecular formula is C17H23N3. The molecule has 3 rings (SSSR count). The molecule has 3 N–H and O–H groups in total. The molecule has 1 saturated heterocycles. The molecule has 2 unspecified atom stereocenters. The molecule has 0 aliphatic carbocycles. The summed E-state index contributed by atoms with van der Waals surface area (Å²) in [5.41, 5.74) is 8.98. The first kappa shape index (κ1) is 13.6. The predicted molar refractivity (Wildman–Crippen MR) is 84.9 cm³/mol. The second kappa shape index (κ2) is 5.52. The second-order valence-corrected chi connectivity index (χ2v) is 5.96. The number of nitrogens with two attached hydrogens (primary N) is 1. The van der Waals surface area contributed by atoms with Gasteiger partial charge in [-0.05, 0) is 36.4 Å². The van der Waals surface area contributed by atoms with Crippen molar-refractivity contribution in [2.24, 2.45) is 5.73 Å². The van der Waals surface area contributed by atoms with E-state index in [4.69, 9.17) is 5.73 Å². The lowest BCUT2D eigenvalue weighted by Crippen LogP contribution is -2.53. The minimum Gasteiger partial charge on any atom is -0.323 e. The average Bonchev–Trinajstić information content (AvgIpc) is 2.46. The van der Waals surface area contributed by atoms with Crippen LogP contribution in [0.1, 0.15) is 17.2 Å². The molecule has 0 aromatic heterocycles. The Labute approximate surface area is 120 Å². The summed E-state index contributed by atoms with van der Waals surface area (Å²) in [6.07, 6.45) is 0. The Morgan fingerprint density at radius 1 is 1.20 bits per heavy atom. The average molecular weight is 269 g/mol. The molecule has 1 aliphatic heterocycles. The van der Waals surface area contributed by atoms with E-state index in [2.05, 4.69) is 60.6 Å². The smallest absolute Gasteiger partial charge is 0.0463 e. The fraction of sp³-hybridized carbons (Fsp3) is 0.412. The lowest BCUT2D eigenvalue weighted by atomic mass is 9.95. The summed E-state index contributed by atoms with van der Waals surface area (Å²) in [4.78, 5) is 2.34. The van der Waals surface area contributed by atoms with E-state index in [-0.39, 0.29) is 6.04 Å². The summed E-state index contributed by atoms with van der Waals surface area (Å²) in [7, 11) is 2.16. The van der Waals surface area contributed by atoms with Gasteiger partial charge in [-0.1, -0.05) is 35.9 Å². The maximum absolute atomic E-state index is 6.46. The summed E-state index contributed by atoms with van der Waals surface area (Å²) >= 11 is 0. The van der Waals surface area contributed by atoms with E-state index in [1.165, 1.54) is 21.9 Å². The van der Waals surface area contributed by atoms with Gasteiger partial charge in [0.2, 0.25) is 0 Å². The third kappa shape index (κ3) is 2.70. The zero-order valence-corrected chi connectivity index (χ0v) is 12.3. The van der Waals surface area contributed by atoms with Crippen LogP contribution in [-0.2, 0) is 0 Å². The number of hydrogen-bond acceptors (Lipinski definition) is 3. The maximum atomic E-state index is 6.46. The number of likely N-dealkylation sites (N-methyl/N-ethyl adjacent to an activating group) is 1. The SMILES string of the molecule is Cc1ccc2cc(C(N)C3CN(C)CCN3)ccc2c1. The number of hydrogen-bond donors (Lipinski definition) is 2. The van der Waals surface area contributed by atoms with Crippen molar-refractivity contribution in [1.29, 1.82) is 0 Å². The van der Waals surface area contributed by atoms with Crippen molar-refractivity contribution in [3.63, 3.8) is 0 Å². The Kier molecular flexibility index (Phi) is 3.74. The highest BCUT2D eigenvalue weighted by Crippen LogP contribution is 2.23. The minimum atomic E-state index is 0.0449. The molecule has 3 heteroatoms. The third-order valence-electron chi connectivity index (χ3n) is 4.25. The zero-order valence-electron chi connectivity index (χ0n) is 12.3. The van der Waals surface area contributed by atoms with E-state index >= 15 is 0 Å². The van der Waals surface area contributed by atoms with Crippen LogP contribution in [-0.4, -0.2) is 37.6 Å². The first-order valence-corrected chi connectivity index (χ1v) is 7.31. The molecular weight excluding hydrogens is 246 g/mol. The van der Waals surface area contributed by atoms with Gasteiger partial charge in [-0.3, -0.25) is 0 Å². The largest absolute Gasteiger partial charge is 0.323 e. The molecule has 0 spiro atoms. The van der Waals surface area contributed by atoms with Crippen LogP contribution in [0.5, 0.6) is 0 Å². The molecule has 2 aromatic rings. The van der Waals surface area contributed by atoms with E-state index in [1.54, 1.807) is 0 Å². The van der Waals surface area contributed by atoms with Gasteiger partial charge in [0.1, 0.15) is 0 Å². The van der Waals surface area contributed by atoms with Crippen LogP contribution < -0.4 is 11.1 Å². The number of aryl methyl sites for hydroxylation is 1.